The van der Waals surface area contributed by atoms with Crippen LogP contribution in [-0.4, -0.2) is 30.8 Å². The third kappa shape index (κ3) is 4.91. The van der Waals surface area contributed by atoms with Crippen molar-refractivity contribution in [2.75, 3.05) is 13.4 Å². The van der Waals surface area contributed by atoms with E-state index in [-0.39, 0.29) is 24.9 Å². The Morgan fingerprint density at radius 2 is 2.03 bits per heavy atom. The molecule has 2 aliphatic rings. The minimum atomic E-state index is -0.588. The van der Waals surface area contributed by atoms with E-state index in [1.165, 1.54) is 0 Å². The van der Waals surface area contributed by atoms with Crippen molar-refractivity contribution in [1.29, 1.82) is 0 Å². The summed E-state index contributed by atoms with van der Waals surface area (Å²) in [6, 6.07) is 8.58. The number of ether oxygens (including phenoxy) is 5. The van der Waals surface area contributed by atoms with Gasteiger partial charge in [0.1, 0.15) is 22.8 Å². The smallest absolute Gasteiger partial charge is 0.344 e. The first kappa shape index (κ1) is 21.4. The van der Waals surface area contributed by atoms with Crippen LogP contribution >= 0.6 is 15.9 Å². The van der Waals surface area contributed by atoms with Crippen LogP contribution in [-0.2, 0) is 20.9 Å². The largest absolute Gasteiger partial charge is 0.482 e. The van der Waals surface area contributed by atoms with Gasteiger partial charge < -0.3 is 23.7 Å². The van der Waals surface area contributed by atoms with E-state index in [1.807, 2.05) is 12.1 Å². The SMILES string of the molecule is CC(C)(C)OC(=O)COc1ccc2c(c1)O/C(=C\c1cc(Br)cc3c1OCOC3)C2=O. The maximum Gasteiger partial charge on any atom is 0.344 e. The van der Waals surface area contributed by atoms with Gasteiger partial charge in [-0.1, -0.05) is 15.9 Å². The summed E-state index contributed by atoms with van der Waals surface area (Å²) in [6.45, 7) is 5.70. The van der Waals surface area contributed by atoms with Crippen LogP contribution in [0.5, 0.6) is 17.2 Å². The van der Waals surface area contributed by atoms with E-state index in [0.29, 0.717) is 35.0 Å². The second kappa shape index (κ2) is 8.36. The molecule has 0 N–H and O–H groups in total. The highest BCUT2D eigenvalue weighted by atomic mass is 79.9. The van der Waals surface area contributed by atoms with Crippen molar-refractivity contribution in [2.24, 2.45) is 0 Å². The van der Waals surface area contributed by atoms with Crippen molar-refractivity contribution >= 4 is 33.8 Å². The van der Waals surface area contributed by atoms with Gasteiger partial charge in [-0.05, 0) is 51.1 Å². The monoisotopic (exact) mass is 488 g/mol. The highest BCUT2D eigenvalue weighted by Crippen LogP contribution is 2.38. The standard InChI is InChI=1S/C23H21BrO7/c1-23(2,3)31-20(25)11-28-16-4-5-17-18(9-16)30-19(21(17)26)8-13-6-15(24)7-14-10-27-12-29-22(13)14/h4-9H,10-12H2,1-3H3/b19-8-. The summed E-state index contributed by atoms with van der Waals surface area (Å²) in [6.07, 6.45) is 1.65. The summed E-state index contributed by atoms with van der Waals surface area (Å²) in [5.41, 5.74) is 1.43. The third-order valence-electron chi connectivity index (χ3n) is 4.41. The minimum Gasteiger partial charge on any atom is -0.482 e. The van der Waals surface area contributed by atoms with Crippen LogP contribution in [0.1, 0.15) is 42.3 Å². The molecule has 0 saturated carbocycles. The zero-order valence-electron chi connectivity index (χ0n) is 17.3. The molecular formula is C23H21BrO7. The third-order valence-corrected chi connectivity index (χ3v) is 4.87. The van der Waals surface area contributed by atoms with Crippen LogP contribution < -0.4 is 14.2 Å². The molecule has 2 aliphatic heterocycles. The van der Waals surface area contributed by atoms with Gasteiger partial charge in [-0.3, -0.25) is 4.79 Å². The van der Waals surface area contributed by atoms with Gasteiger partial charge in [0.25, 0.3) is 0 Å². The normalized spacial score (nSPS) is 16.3. The molecule has 2 aromatic rings. The average Bonchev–Trinajstić information content (AvgIpc) is 3.00. The number of halogens is 1. The fraction of sp³-hybridized carbons (Fsp3) is 0.304. The molecule has 31 heavy (non-hydrogen) atoms. The Hall–Kier alpha value is -2.84. The lowest BCUT2D eigenvalue weighted by molar-refractivity contribution is -0.157. The summed E-state index contributed by atoms with van der Waals surface area (Å²) in [7, 11) is 0. The first-order valence-electron chi connectivity index (χ1n) is 9.65. The van der Waals surface area contributed by atoms with Gasteiger partial charge in [-0.15, -0.1) is 0 Å². The molecule has 0 amide bonds. The zero-order valence-corrected chi connectivity index (χ0v) is 18.9. The van der Waals surface area contributed by atoms with E-state index in [2.05, 4.69) is 15.9 Å². The topological polar surface area (TPSA) is 80.3 Å². The number of esters is 1. The number of ketones is 1. The van der Waals surface area contributed by atoms with Gasteiger partial charge in [0.2, 0.25) is 5.78 Å². The van der Waals surface area contributed by atoms with Crippen LogP contribution in [0.15, 0.2) is 40.6 Å². The fourth-order valence-corrected chi connectivity index (χ4v) is 3.75. The van der Waals surface area contributed by atoms with Crippen molar-refractivity contribution in [2.45, 2.75) is 33.0 Å². The number of benzene rings is 2. The Morgan fingerprint density at radius 3 is 2.81 bits per heavy atom. The van der Waals surface area contributed by atoms with Gasteiger partial charge in [-0.2, -0.15) is 0 Å². The van der Waals surface area contributed by atoms with Gasteiger partial charge in [-0.25, -0.2) is 4.79 Å². The van der Waals surface area contributed by atoms with Crippen LogP contribution in [0.25, 0.3) is 6.08 Å². The van der Waals surface area contributed by atoms with Gasteiger partial charge >= 0.3 is 5.97 Å². The molecule has 0 aliphatic carbocycles. The van der Waals surface area contributed by atoms with Crippen LogP contribution in [0.4, 0.5) is 0 Å². The molecule has 7 nitrogen and oxygen atoms in total. The van der Waals surface area contributed by atoms with Gasteiger partial charge in [0, 0.05) is 21.7 Å². The molecule has 4 rings (SSSR count). The Labute approximate surface area is 188 Å². The Kier molecular flexibility index (Phi) is 5.77. The summed E-state index contributed by atoms with van der Waals surface area (Å²) < 4.78 is 28.3. The second-order valence-electron chi connectivity index (χ2n) is 8.07. The highest BCUT2D eigenvalue weighted by Gasteiger charge is 2.29. The zero-order chi connectivity index (χ0) is 22.2. The number of hydrogen-bond donors (Lipinski definition) is 0. The van der Waals surface area contributed by atoms with E-state index in [4.69, 9.17) is 23.7 Å². The Morgan fingerprint density at radius 1 is 1.23 bits per heavy atom. The molecular weight excluding hydrogens is 468 g/mol. The average molecular weight is 489 g/mol. The number of carbonyl (C=O) groups excluding carboxylic acids is 2. The fourth-order valence-electron chi connectivity index (χ4n) is 3.23. The number of carbonyl (C=O) groups is 2. The molecule has 0 unspecified atom stereocenters. The number of allylic oxidation sites excluding steroid dienone is 1. The molecule has 0 aromatic heterocycles. The van der Waals surface area contributed by atoms with E-state index in [9.17, 15) is 9.59 Å². The first-order valence-corrected chi connectivity index (χ1v) is 10.4. The first-order chi connectivity index (χ1) is 14.7. The predicted octanol–water partition coefficient (Wildman–Crippen LogP) is 4.65. The maximum atomic E-state index is 12.8. The quantitative estimate of drug-likeness (QED) is 0.457. The van der Waals surface area contributed by atoms with Gasteiger partial charge in [0.05, 0.1) is 12.2 Å². The van der Waals surface area contributed by atoms with E-state index >= 15 is 0 Å². The van der Waals surface area contributed by atoms with E-state index in [1.54, 1.807) is 45.0 Å². The molecule has 8 heteroatoms. The maximum absolute atomic E-state index is 12.8. The minimum absolute atomic E-state index is 0.151. The van der Waals surface area contributed by atoms with Crippen LogP contribution in [0.2, 0.25) is 0 Å². The van der Waals surface area contributed by atoms with Crippen molar-refractivity contribution in [1.82, 2.24) is 0 Å². The van der Waals surface area contributed by atoms with Crippen LogP contribution in [0, 0.1) is 0 Å². The molecule has 2 aromatic carbocycles. The molecule has 0 saturated heterocycles. The molecule has 0 atom stereocenters. The Bertz CT molecular complexity index is 1080. The lowest BCUT2D eigenvalue weighted by Crippen LogP contribution is -2.27. The number of Topliss-reactive ketones (excluding diaryl/α,β-unsaturated/α-hetero) is 1. The lowest BCUT2D eigenvalue weighted by atomic mass is 10.1. The van der Waals surface area contributed by atoms with E-state index < -0.39 is 11.6 Å². The summed E-state index contributed by atoms with van der Waals surface area (Å²) >= 11 is 3.47. The molecule has 162 valence electrons. The highest BCUT2D eigenvalue weighted by molar-refractivity contribution is 9.10. The molecule has 0 fully saturated rings. The molecule has 2 heterocycles. The van der Waals surface area contributed by atoms with Crippen LogP contribution in [0.3, 0.4) is 0 Å². The predicted molar refractivity (Wildman–Crippen MR) is 115 cm³/mol. The van der Waals surface area contributed by atoms with E-state index in [0.717, 1.165) is 10.0 Å². The molecule has 0 spiro atoms. The van der Waals surface area contributed by atoms with Crippen molar-refractivity contribution in [3.8, 4) is 17.2 Å². The van der Waals surface area contributed by atoms with Crippen molar-refractivity contribution in [3.05, 3.63) is 57.3 Å². The lowest BCUT2D eigenvalue weighted by Gasteiger charge is -2.20. The summed E-state index contributed by atoms with van der Waals surface area (Å²) in [5.74, 6) is 0.888. The number of rotatable bonds is 4. The number of fused-ring (bicyclic) bond motifs is 2. The van der Waals surface area contributed by atoms with Gasteiger partial charge in [0.15, 0.2) is 19.2 Å². The molecule has 0 radical (unpaired) electrons. The summed E-state index contributed by atoms with van der Waals surface area (Å²) in [5, 5.41) is 0. The Balaban J connectivity index is 1.52. The van der Waals surface area contributed by atoms with Crippen molar-refractivity contribution in [3.63, 3.8) is 0 Å². The molecule has 0 bridgehead atoms. The van der Waals surface area contributed by atoms with Crippen molar-refractivity contribution < 1.29 is 33.3 Å². The second-order valence-corrected chi connectivity index (χ2v) is 8.98. The summed E-state index contributed by atoms with van der Waals surface area (Å²) in [4.78, 5) is 24.7. The number of hydrogen-bond acceptors (Lipinski definition) is 7.